The predicted molar refractivity (Wildman–Crippen MR) is 80.7 cm³/mol. The van der Waals surface area contributed by atoms with E-state index >= 15 is 0 Å². The number of phenolic OH excluding ortho intramolecular Hbond substituents is 1. The molecular weight excluding hydrogens is 344 g/mol. The van der Waals surface area contributed by atoms with Gasteiger partial charge >= 0.3 is 0 Å². The van der Waals surface area contributed by atoms with Gasteiger partial charge in [0.15, 0.2) is 0 Å². The fourth-order valence-corrected chi connectivity index (χ4v) is 2.89. The third-order valence-corrected chi connectivity index (χ3v) is 4.63. The maximum Gasteiger partial charge on any atom is 0.240 e. The number of hydrogen-bond acceptors (Lipinski definition) is 4. The van der Waals surface area contributed by atoms with Crippen molar-refractivity contribution in [3.63, 3.8) is 0 Å². The van der Waals surface area contributed by atoms with Crippen LogP contribution in [-0.2, 0) is 16.6 Å². The van der Waals surface area contributed by atoms with Crippen LogP contribution in [0.5, 0.6) is 5.75 Å². The molecule has 4 N–H and O–H groups in total. The van der Waals surface area contributed by atoms with Crippen LogP contribution in [0.2, 0.25) is 0 Å². The van der Waals surface area contributed by atoms with Crippen molar-refractivity contribution < 1.29 is 13.5 Å². The standard InChI is InChI=1S/C13H13BrN2O3S/c14-10-1-4-12(5-2-10)20(18,19)16-8-9-7-11(15)3-6-13(9)17/h1-7,16-17H,8,15H2. The number of halogens is 1. The van der Waals surface area contributed by atoms with E-state index in [1.165, 1.54) is 24.3 Å². The number of nitrogen functional groups attached to an aromatic ring is 1. The summed E-state index contributed by atoms with van der Waals surface area (Å²) < 4.78 is 27.4. The minimum atomic E-state index is -3.63. The number of hydrogen-bond donors (Lipinski definition) is 3. The van der Waals surface area contributed by atoms with Gasteiger partial charge in [0.2, 0.25) is 10.0 Å². The van der Waals surface area contributed by atoms with E-state index in [1.54, 1.807) is 18.2 Å². The third-order valence-electron chi connectivity index (χ3n) is 2.68. The van der Waals surface area contributed by atoms with Crippen LogP contribution >= 0.6 is 15.9 Å². The molecular formula is C13H13BrN2O3S. The lowest BCUT2D eigenvalue weighted by atomic mass is 10.2. The fraction of sp³-hybridized carbons (Fsp3) is 0.0769. The van der Waals surface area contributed by atoms with E-state index < -0.39 is 10.0 Å². The summed E-state index contributed by atoms with van der Waals surface area (Å²) in [5.41, 5.74) is 6.48. The molecule has 0 aliphatic carbocycles. The third kappa shape index (κ3) is 3.50. The van der Waals surface area contributed by atoms with E-state index in [9.17, 15) is 13.5 Å². The highest BCUT2D eigenvalue weighted by Gasteiger charge is 2.14. The second-order valence-electron chi connectivity index (χ2n) is 4.17. The first-order chi connectivity index (χ1) is 9.38. The van der Waals surface area contributed by atoms with Crippen LogP contribution in [-0.4, -0.2) is 13.5 Å². The number of rotatable bonds is 4. The Hall–Kier alpha value is -1.57. The predicted octanol–water partition coefficient (Wildman–Crippen LogP) is 2.22. The lowest BCUT2D eigenvalue weighted by Crippen LogP contribution is -2.23. The summed E-state index contributed by atoms with van der Waals surface area (Å²) in [6.07, 6.45) is 0. The molecule has 20 heavy (non-hydrogen) atoms. The van der Waals surface area contributed by atoms with E-state index in [0.29, 0.717) is 11.3 Å². The smallest absolute Gasteiger partial charge is 0.240 e. The molecule has 0 fully saturated rings. The van der Waals surface area contributed by atoms with E-state index in [4.69, 9.17) is 5.73 Å². The number of phenols is 1. The Bertz CT molecular complexity index is 715. The summed E-state index contributed by atoms with van der Waals surface area (Å²) in [4.78, 5) is 0.157. The minimum Gasteiger partial charge on any atom is -0.508 e. The van der Waals surface area contributed by atoms with Crippen LogP contribution < -0.4 is 10.5 Å². The Labute approximate surface area is 125 Å². The highest BCUT2D eigenvalue weighted by molar-refractivity contribution is 9.10. The molecule has 0 radical (unpaired) electrons. The number of nitrogens with one attached hydrogen (secondary N) is 1. The highest BCUT2D eigenvalue weighted by Crippen LogP contribution is 2.20. The van der Waals surface area contributed by atoms with Gasteiger partial charge in [0, 0.05) is 22.3 Å². The molecule has 0 saturated carbocycles. The Morgan fingerprint density at radius 1 is 1.15 bits per heavy atom. The van der Waals surface area contributed by atoms with Gasteiger partial charge in [0.05, 0.1) is 4.90 Å². The molecule has 106 valence electrons. The Kier molecular flexibility index (Phi) is 4.32. The molecule has 0 atom stereocenters. The summed E-state index contributed by atoms with van der Waals surface area (Å²) in [5, 5.41) is 9.64. The second kappa shape index (κ2) is 5.82. The molecule has 0 bridgehead atoms. The minimum absolute atomic E-state index is 0.00212. The molecule has 0 saturated heterocycles. The fourth-order valence-electron chi connectivity index (χ4n) is 1.62. The first-order valence-corrected chi connectivity index (χ1v) is 7.99. The normalized spacial score (nSPS) is 11.4. The zero-order valence-corrected chi connectivity index (χ0v) is 12.8. The Balaban J connectivity index is 2.17. The summed E-state index contributed by atoms with van der Waals surface area (Å²) in [6, 6.07) is 10.8. The van der Waals surface area contributed by atoms with Gasteiger partial charge in [-0.25, -0.2) is 13.1 Å². The van der Waals surface area contributed by atoms with Crippen LogP contribution in [0.3, 0.4) is 0 Å². The quantitative estimate of drug-likeness (QED) is 0.578. The molecule has 0 unspecified atom stereocenters. The molecule has 7 heteroatoms. The van der Waals surface area contributed by atoms with Crippen molar-refractivity contribution in [2.45, 2.75) is 11.4 Å². The van der Waals surface area contributed by atoms with Crippen LogP contribution in [0.1, 0.15) is 5.56 Å². The van der Waals surface area contributed by atoms with Crippen LogP contribution in [0, 0.1) is 0 Å². The average molecular weight is 357 g/mol. The zero-order chi connectivity index (χ0) is 14.8. The van der Waals surface area contributed by atoms with Gasteiger partial charge in [-0.05, 0) is 42.5 Å². The molecule has 0 amide bonds. The largest absolute Gasteiger partial charge is 0.508 e. The van der Waals surface area contributed by atoms with Gasteiger partial charge < -0.3 is 10.8 Å². The van der Waals surface area contributed by atoms with E-state index in [0.717, 1.165) is 4.47 Å². The van der Waals surface area contributed by atoms with Crippen molar-refractivity contribution >= 4 is 31.6 Å². The van der Waals surface area contributed by atoms with Crippen molar-refractivity contribution in [2.24, 2.45) is 0 Å². The van der Waals surface area contributed by atoms with Crippen molar-refractivity contribution in [3.8, 4) is 5.75 Å². The SMILES string of the molecule is Nc1ccc(O)c(CNS(=O)(=O)c2ccc(Br)cc2)c1. The van der Waals surface area contributed by atoms with Crippen LogP contribution in [0.4, 0.5) is 5.69 Å². The maximum atomic E-state index is 12.1. The van der Waals surface area contributed by atoms with E-state index in [-0.39, 0.29) is 17.2 Å². The van der Waals surface area contributed by atoms with Gasteiger partial charge in [-0.3, -0.25) is 0 Å². The first kappa shape index (κ1) is 14.8. The maximum absolute atomic E-state index is 12.1. The second-order valence-corrected chi connectivity index (χ2v) is 6.85. The number of benzene rings is 2. The molecule has 2 rings (SSSR count). The molecule has 0 aliphatic heterocycles. The van der Waals surface area contributed by atoms with Gasteiger partial charge in [0.25, 0.3) is 0 Å². The zero-order valence-electron chi connectivity index (χ0n) is 10.4. The number of sulfonamides is 1. The molecule has 2 aromatic carbocycles. The Morgan fingerprint density at radius 3 is 2.45 bits per heavy atom. The van der Waals surface area contributed by atoms with Gasteiger partial charge in [-0.15, -0.1) is 0 Å². The molecule has 0 spiro atoms. The molecule has 0 heterocycles. The average Bonchev–Trinajstić information content (AvgIpc) is 2.40. The molecule has 0 aliphatic rings. The summed E-state index contributed by atoms with van der Waals surface area (Å²) in [6.45, 7) is -0.0325. The van der Waals surface area contributed by atoms with Crippen molar-refractivity contribution in [1.29, 1.82) is 0 Å². The lowest BCUT2D eigenvalue weighted by Gasteiger charge is -2.09. The monoisotopic (exact) mass is 356 g/mol. The number of aromatic hydroxyl groups is 1. The van der Waals surface area contributed by atoms with Crippen LogP contribution in [0.15, 0.2) is 51.8 Å². The first-order valence-electron chi connectivity index (χ1n) is 5.71. The van der Waals surface area contributed by atoms with Gasteiger partial charge in [0.1, 0.15) is 5.75 Å². The van der Waals surface area contributed by atoms with Crippen molar-refractivity contribution in [2.75, 3.05) is 5.73 Å². The lowest BCUT2D eigenvalue weighted by molar-refractivity contribution is 0.467. The molecule has 5 nitrogen and oxygen atoms in total. The van der Waals surface area contributed by atoms with E-state index in [1.807, 2.05) is 0 Å². The van der Waals surface area contributed by atoms with Crippen molar-refractivity contribution in [3.05, 3.63) is 52.5 Å². The highest BCUT2D eigenvalue weighted by atomic mass is 79.9. The van der Waals surface area contributed by atoms with E-state index in [2.05, 4.69) is 20.7 Å². The topological polar surface area (TPSA) is 92.4 Å². The van der Waals surface area contributed by atoms with Crippen molar-refractivity contribution in [1.82, 2.24) is 4.72 Å². The number of anilines is 1. The Morgan fingerprint density at radius 2 is 1.80 bits per heavy atom. The summed E-state index contributed by atoms with van der Waals surface area (Å²) >= 11 is 3.24. The van der Waals surface area contributed by atoms with Gasteiger partial charge in [-0.1, -0.05) is 15.9 Å². The number of nitrogens with two attached hydrogens (primary N) is 1. The summed E-state index contributed by atoms with van der Waals surface area (Å²) in [5.74, 6) is -0.00212. The molecule has 0 aromatic heterocycles. The van der Waals surface area contributed by atoms with Gasteiger partial charge in [-0.2, -0.15) is 0 Å². The molecule has 2 aromatic rings. The van der Waals surface area contributed by atoms with Crippen LogP contribution in [0.25, 0.3) is 0 Å². The summed E-state index contributed by atoms with van der Waals surface area (Å²) in [7, 11) is -3.63.